The molecule has 1 fully saturated rings. The standard InChI is InChI=1S/C13H14N2O2/c1-15(2)13(16)11-6-3-9(8-14)7-12(11)17-10-4-5-10/h3,6-7,10H,4-5H2,1-2H3. The summed E-state index contributed by atoms with van der Waals surface area (Å²) in [6.45, 7) is 0. The van der Waals surface area contributed by atoms with Gasteiger partial charge in [-0.15, -0.1) is 0 Å². The number of hydrogen-bond donors (Lipinski definition) is 0. The van der Waals surface area contributed by atoms with Crippen LogP contribution in [0.25, 0.3) is 0 Å². The van der Waals surface area contributed by atoms with Gasteiger partial charge in [-0.05, 0) is 31.0 Å². The molecule has 0 saturated heterocycles. The predicted molar refractivity (Wildman–Crippen MR) is 62.8 cm³/mol. The third-order valence-corrected chi connectivity index (χ3v) is 2.57. The third kappa shape index (κ3) is 2.56. The smallest absolute Gasteiger partial charge is 0.257 e. The molecule has 1 aliphatic carbocycles. The van der Waals surface area contributed by atoms with Gasteiger partial charge in [0, 0.05) is 14.1 Å². The lowest BCUT2D eigenvalue weighted by molar-refractivity contribution is 0.0823. The van der Waals surface area contributed by atoms with Gasteiger partial charge in [-0.1, -0.05) is 0 Å². The zero-order valence-corrected chi connectivity index (χ0v) is 9.93. The van der Waals surface area contributed by atoms with E-state index < -0.39 is 0 Å². The largest absolute Gasteiger partial charge is 0.490 e. The first kappa shape index (κ1) is 11.5. The summed E-state index contributed by atoms with van der Waals surface area (Å²) in [6.07, 6.45) is 2.25. The Balaban J connectivity index is 2.35. The van der Waals surface area contributed by atoms with E-state index >= 15 is 0 Å². The van der Waals surface area contributed by atoms with Gasteiger partial charge < -0.3 is 9.64 Å². The maximum atomic E-state index is 11.9. The molecule has 4 heteroatoms. The van der Waals surface area contributed by atoms with Gasteiger partial charge in [0.05, 0.1) is 23.3 Å². The quantitative estimate of drug-likeness (QED) is 0.795. The van der Waals surface area contributed by atoms with Crippen LogP contribution in [0.3, 0.4) is 0 Å². The Bertz CT molecular complexity index is 485. The van der Waals surface area contributed by atoms with E-state index in [4.69, 9.17) is 10.00 Å². The number of ether oxygens (including phenoxy) is 1. The molecule has 0 radical (unpaired) electrons. The lowest BCUT2D eigenvalue weighted by Gasteiger charge is -2.14. The van der Waals surface area contributed by atoms with Crippen molar-refractivity contribution in [3.63, 3.8) is 0 Å². The van der Waals surface area contributed by atoms with Crippen LogP contribution in [0.2, 0.25) is 0 Å². The molecule has 1 saturated carbocycles. The van der Waals surface area contributed by atoms with Crippen molar-refractivity contribution in [2.75, 3.05) is 14.1 Å². The highest BCUT2D eigenvalue weighted by Crippen LogP contribution is 2.30. The molecule has 17 heavy (non-hydrogen) atoms. The van der Waals surface area contributed by atoms with Crippen molar-refractivity contribution >= 4 is 5.91 Å². The van der Waals surface area contributed by atoms with E-state index in [1.807, 2.05) is 0 Å². The van der Waals surface area contributed by atoms with Crippen LogP contribution in [0, 0.1) is 11.3 Å². The lowest BCUT2D eigenvalue weighted by Crippen LogP contribution is -2.22. The van der Waals surface area contributed by atoms with Gasteiger partial charge in [0.15, 0.2) is 0 Å². The van der Waals surface area contributed by atoms with E-state index in [0.29, 0.717) is 16.9 Å². The molecular weight excluding hydrogens is 216 g/mol. The van der Waals surface area contributed by atoms with Gasteiger partial charge in [-0.25, -0.2) is 0 Å². The third-order valence-electron chi connectivity index (χ3n) is 2.57. The van der Waals surface area contributed by atoms with E-state index in [1.54, 1.807) is 32.3 Å². The second-order valence-electron chi connectivity index (χ2n) is 4.34. The summed E-state index contributed by atoms with van der Waals surface area (Å²) in [7, 11) is 3.39. The first-order chi connectivity index (χ1) is 8.11. The average molecular weight is 230 g/mol. The van der Waals surface area contributed by atoms with Gasteiger partial charge in [0.1, 0.15) is 5.75 Å². The van der Waals surface area contributed by atoms with Crippen molar-refractivity contribution < 1.29 is 9.53 Å². The number of carbonyl (C=O) groups is 1. The second kappa shape index (κ2) is 4.46. The van der Waals surface area contributed by atoms with Gasteiger partial charge in [0.25, 0.3) is 5.91 Å². The molecule has 88 valence electrons. The Morgan fingerprint density at radius 3 is 2.71 bits per heavy atom. The van der Waals surface area contributed by atoms with E-state index in [-0.39, 0.29) is 12.0 Å². The predicted octanol–water partition coefficient (Wildman–Crippen LogP) is 1.80. The molecule has 0 unspecified atom stereocenters. The van der Waals surface area contributed by atoms with Crippen LogP contribution in [0.5, 0.6) is 5.75 Å². The number of carbonyl (C=O) groups excluding carboxylic acids is 1. The zero-order valence-electron chi connectivity index (χ0n) is 9.93. The van der Waals surface area contributed by atoms with Gasteiger partial charge >= 0.3 is 0 Å². The lowest BCUT2D eigenvalue weighted by atomic mass is 10.1. The van der Waals surface area contributed by atoms with E-state index in [9.17, 15) is 4.79 Å². The van der Waals surface area contributed by atoms with Crippen molar-refractivity contribution in [2.24, 2.45) is 0 Å². The monoisotopic (exact) mass is 230 g/mol. The van der Waals surface area contributed by atoms with E-state index in [1.165, 1.54) is 4.90 Å². The van der Waals surface area contributed by atoms with Gasteiger partial charge in [0.2, 0.25) is 0 Å². The molecule has 0 aliphatic heterocycles. The number of benzene rings is 1. The minimum absolute atomic E-state index is 0.106. The fraction of sp³-hybridized carbons (Fsp3) is 0.385. The first-order valence-electron chi connectivity index (χ1n) is 5.54. The summed E-state index contributed by atoms with van der Waals surface area (Å²) in [4.78, 5) is 13.4. The number of amides is 1. The molecule has 4 nitrogen and oxygen atoms in total. The maximum absolute atomic E-state index is 11.9. The summed E-state index contributed by atoms with van der Waals surface area (Å²) in [5, 5.41) is 8.85. The Labute approximate surface area is 100 Å². The molecule has 0 aromatic heterocycles. The number of nitrogens with zero attached hydrogens (tertiary/aromatic N) is 2. The summed E-state index contributed by atoms with van der Waals surface area (Å²) >= 11 is 0. The fourth-order valence-corrected chi connectivity index (χ4v) is 1.47. The molecule has 2 rings (SSSR count). The molecule has 0 spiro atoms. The van der Waals surface area contributed by atoms with Crippen molar-refractivity contribution in [3.8, 4) is 11.8 Å². The Morgan fingerprint density at radius 2 is 2.18 bits per heavy atom. The van der Waals surface area contributed by atoms with Crippen molar-refractivity contribution in [1.29, 1.82) is 5.26 Å². The van der Waals surface area contributed by atoms with Crippen LogP contribution in [-0.4, -0.2) is 31.0 Å². The Kier molecular flexibility index (Phi) is 3.01. The molecule has 1 amide bonds. The minimum Gasteiger partial charge on any atom is -0.490 e. The summed E-state index contributed by atoms with van der Waals surface area (Å²) < 4.78 is 5.67. The molecule has 0 heterocycles. The molecule has 0 N–H and O–H groups in total. The van der Waals surface area contributed by atoms with Crippen LogP contribution in [0.15, 0.2) is 18.2 Å². The maximum Gasteiger partial charge on any atom is 0.257 e. The molecule has 1 aliphatic rings. The molecule has 1 aromatic rings. The minimum atomic E-state index is -0.106. The highest BCUT2D eigenvalue weighted by molar-refractivity contribution is 5.96. The molecular formula is C13H14N2O2. The number of rotatable bonds is 3. The first-order valence-corrected chi connectivity index (χ1v) is 5.54. The van der Waals surface area contributed by atoms with Gasteiger partial charge in [-0.3, -0.25) is 4.79 Å². The molecule has 1 aromatic carbocycles. The van der Waals surface area contributed by atoms with Crippen molar-refractivity contribution in [2.45, 2.75) is 18.9 Å². The van der Waals surface area contributed by atoms with Crippen molar-refractivity contribution in [3.05, 3.63) is 29.3 Å². The Hall–Kier alpha value is -2.02. The van der Waals surface area contributed by atoms with E-state index in [2.05, 4.69) is 6.07 Å². The van der Waals surface area contributed by atoms with E-state index in [0.717, 1.165) is 12.8 Å². The molecule has 0 atom stereocenters. The highest BCUT2D eigenvalue weighted by Gasteiger charge is 2.26. The average Bonchev–Trinajstić information content (AvgIpc) is 3.11. The Morgan fingerprint density at radius 1 is 1.47 bits per heavy atom. The summed E-state index contributed by atoms with van der Waals surface area (Å²) in [5.41, 5.74) is 1.02. The second-order valence-corrected chi connectivity index (χ2v) is 4.34. The number of nitriles is 1. The van der Waals surface area contributed by atoms with Crippen LogP contribution in [0.4, 0.5) is 0 Å². The van der Waals surface area contributed by atoms with Crippen LogP contribution >= 0.6 is 0 Å². The normalized spacial score (nSPS) is 13.9. The van der Waals surface area contributed by atoms with Crippen LogP contribution < -0.4 is 4.74 Å². The highest BCUT2D eigenvalue weighted by atomic mass is 16.5. The fourth-order valence-electron chi connectivity index (χ4n) is 1.47. The SMILES string of the molecule is CN(C)C(=O)c1ccc(C#N)cc1OC1CC1. The van der Waals surface area contributed by atoms with Crippen LogP contribution in [-0.2, 0) is 0 Å². The molecule has 0 bridgehead atoms. The van der Waals surface area contributed by atoms with Crippen LogP contribution in [0.1, 0.15) is 28.8 Å². The van der Waals surface area contributed by atoms with Crippen molar-refractivity contribution in [1.82, 2.24) is 4.90 Å². The summed E-state index contributed by atoms with van der Waals surface area (Å²) in [6, 6.07) is 6.97. The summed E-state index contributed by atoms with van der Waals surface area (Å²) in [5.74, 6) is 0.412. The zero-order chi connectivity index (χ0) is 12.4. The topological polar surface area (TPSA) is 53.3 Å². The van der Waals surface area contributed by atoms with Gasteiger partial charge in [-0.2, -0.15) is 5.26 Å². The number of hydrogen-bond acceptors (Lipinski definition) is 3.